The Morgan fingerprint density at radius 1 is 1.40 bits per heavy atom. The smallest absolute Gasteiger partial charge is 0.00253 e. The largest absolute Gasteiger partial charge is 0.0882 e. The molecule has 0 aliphatic heterocycles. The van der Waals surface area contributed by atoms with Gasteiger partial charge < -0.3 is 0 Å². The van der Waals surface area contributed by atoms with Gasteiger partial charge in [-0.2, -0.15) is 0 Å². The molecule has 0 saturated heterocycles. The molecular formula is C15H28. The fourth-order valence-electron chi connectivity index (χ4n) is 2.26. The van der Waals surface area contributed by atoms with Gasteiger partial charge in [0.05, 0.1) is 0 Å². The van der Waals surface area contributed by atoms with E-state index in [1.54, 1.807) is 5.57 Å². The molecule has 0 N–H and O–H groups in total. The van der Waals surface area contributed by atoms with Crippen molar-refractivity contribution in [2.24, 2.45) is 11.3 Å². The Hall–Kier alpha value is -0.520. The Kier molecular flexibility index (Phi) is 6.63. The highest BCUT2D eigenvalue weighted by Gasteiger charge is 2.30. The van der Waals surface area contributed by atoms with E-state index in [2.05, 4.69) is 45.9 Å². The summed E-state index contributed by atoms with van der Waals surface area (Å²) in [5.41, 5.74) is 2.02. The summed E-state index contributed by atoms with van der Waals surface area (Å²) in [5.74, 6) is 0.668. The second-order valence-electron chi connectivity index (χ2n) is 4.79. The lowest BCUT2D eigenvalue weighted by molar-refractivity contribution is 0.255. The van der Waals surface area contributed by atoms with Crippen LogP contribution < -0.4 is 0 Å². The Morgan fingerprint density at radius 3 is 2.47 bits per heavy atom. The van der Waals surface area contributed by atoms with Gasteiger partial charge in [0, 0.05) is 5.92 Å². The normalized spacial score (nSPS) is 24.4. The zero-order valence-corrected chi connectivity index (χ0v) is 11.4. The van der Waals surface area contributed by atoms with Crippen LogP contribution in [0, 0.1) is 11.3 Å². The summed E-state index contributed by atoms with van der Waals surface area (Å²) in [6, 6.07) is 0. The second kappa shape index (κ2) is 6.87. The Morgan fingerprint density at radius 2 is 2.00 bits per heavy atom. The highest BCUT2D eigenvalue weighted by Crippen LogP contribution is 2.41. The summed E-state index contributed by atoms with van der Waals surface area (Å²) in [7, 11) is 0. The minimum absolute atomic E-state index is 0.463. The van der Waals surface area contributed by atoms with Gasteiger partial charge in [-0.05, 0) is 31.6 Å². The minimum Gasteiger partial charge on any atom is -0.0882 e. The van der Waals surface area contributed by atoms with Gasteiger partial charge in [0.15, 0.2) is 0 Å². The number of rotatable bonds is 2. The Balaban J connectivity index is 0.000000921. The lowest BCUT2D eigenvalue weighted by Gasteiger charge is -2.36. The molecule has 0 heterocycles. The maximum absolute atomic E-state index is 2.40. The SMILES string of the molecule is CC.CC/C=C/C1C(C)=CCCC1(C)C. The van der Waals surface area contributed by atoms with Gasteiger partial charge in [0.2, 0.25) is 0 Å². The van der Waals surface area contributed by atoms with Crippen molar-refractivity contribution in [3.63, 3.8) is 0 Å². The first-order valence-electron chi connectivity index (χ1n) is 6.41. The zero-order chi connectivity index (χ0) is 11.9. The van der Waals surface area contributed by atoms with Crippen LogP contribution in [0.2, 0.25) is 0 Å². The summed E-state index contributed by atoms with van der Waals surface area (Å²) in [6.07, 6.45) is 10.8. The van der Waals surface area contributed by atoms with E-state index in [0.717, 1.165) is 6.42 Å². The van der Waals surface area contributed by atoms with E-state index in [-0.39, 0.29) is 0 Å². The molecule has 0 amide bonds. The maximum atomic E-state index is 2.40. The number of allylic oxidation sites excluding steroid dienone is 4. The van der Waals surface area contributed by atoms with Gasteiger partial charge >= 0.3 is 0 Å². The third-order valence-corrected chi connectivity index (χ3v) is 3.15. The fourth-order valence-corrected chi connectivity index (χ4v) is 2.26. The molecule has 0 fully saturated rings. The molecule has 0 bridgehead atoms. The third kappa shape index (κ3) is 4.24. The van der Waals surface area contributed by atoms with Crippen LogP contribution in [0.3, 0.4) is 0 Å². The second-order valence-corrected chi connectivity index (χ2v) is 4.79. The molecule has 1 unspecified atom stereocenters. The van der Waals surface area contributed by atoms with Gasteiger partial charge in [0.25, 0.3) is 0 Å². The van der Waals surface area contributed by atoms with Gasteiger partial charge in [-0.1, -0.05) is 58.4 Å². The molecule has 0 heteroatoms. The first-order chi connectivity index (χ1) is 7.08. The van der Waals surface area contributed by atoms with Gasteiger partial charge in [-0.15, -0.1) is 0 Å². The van der Waals surface area contributed by atoms with E-state index in [1.807, 2.05) is 13.8 Å². The van der Waals surface area contributed by atoms with Crippen LogP contribution in [0.25, 0.3) is 0 Å². The highest BCUT2D eigenvalue weighted by molar-refractivity contribution is 5.18. The fraction of sp³-hybridized carbons (Fsp3) is 0.733. The Labute approximate surface area is 96.5 Å². The molecule has 0 aromatic carbocycles. The summed E-state index contributed by atoms with van der Waals surface area (Å²) in [5, 5.41) is 0. The minimum atomic E-state index is 0.463. The molecule has 0 aromatic rings. The monoisotopic (exact) mass is 208 g/mol. The van der Waals surface area contributed by atoms with Crippen molar-refractivity contribution in [1.29, 1.82) is 0 Å². The molecule has 15 heavy (non-hydrogen) atoms. The number of hydrogen-bond acceptors (Lipinski definition) is 0. The molecule has 0 radical (unpaired) electrons. The van der Waals surface area contributed by atoms with Crippen LogP contribution in [-0.2, 0) is 0 Å². The van der Waals surface area contributed by atoms with Crippen molar-refractivity contribution in [1.82, 2.24) is 0 Å². The Bertz CT molecular complexity index is 218. The summed E-state index contributed by atoms with van der Waals surface area (Å²) >= 11 is 0. The molecule has 0 aromatic heterocycles. The van der Waals surface area contributed by atoms with E-state index in [1.165, 1.54) is 12.8 Å². The summed E-state index contributed by atoms with van der Waals surface area (Å²) in [4.78, 5) is 0. The van der Waals surface area contributed by atoms with E-state index >= 15 is 0 Å². The van der Waals surface area contributed by atoms with E-state index in [4.69, 9.17) is 0 Å². The van der Waals surface area contributed by atoms with Crippen molar-refractivity contribution in [3.8, 4) is 0 Å². The molecule has 0 saturated carbocycles. The maximum Gasteiger partial charge on any atom is 0.00253 e. The summed E-state index contributed by atoms with van der Waals surface area (Å²) < 4.78 is 0. The average Bonchev–Trinajstić information content (AvgIpc) is 2.19. The van der Waals surface area contributed by atoms with Crippen molar-refractivity contribution < 1.29 is 0 Å². The predicted molar refractivity (Wildman–Crippen MR) is 71.0 cm³/mol. The first-order valence-corrected chi connectivity index (χ1v) is 6.41. The van der Waals surface area contributed by atoms with Crippen molar-refractivity contribution in [2.45, 2.75) is 60.8 Å². The first kappa shape index (κ1) is 14.5. The molecule has 1 rings (SSSR count). The van der Waals surface area contributed by atoms with Crippen LogP contribution in [-0.4, -0.2) is 0 Å². The molecule has 1 aliphatic carbocycles. The standard InChI is InChI=1S/C13H22.C2H6/c1-5-6-9-12-11(2)8-7-10-13(12,3)4;1-2/h6,8-9,12H,5,7,10H2,1-4H3;1-2H3/b9-6+;. The van der Waals surface area contributed by atoms with Crippen LogP contribution in [0.4, 0.5) is 0 Å². The van der Waals surface area contributed by atoms with Gasteiger partial charge in [-0.25, -0.2) is 0 Å². The lowest BCUT2D eigenvalue weighted by atomic mass is 9.68. The highest BCUT2D eigenvalue weighted by atomic mass is 14.3. The zero-order valence-electron chi connectivity index (χ0n) is 11.4. The summed E-state index contributed by atoms with van der Waals surface area (Å²) in [6.45, 7) is 13.2. The van der Waals surface area contributed by atoms with Crippen molar-refractivity contribution >= 4 is 0 Å². The van der Waals surface area contributed by atoms with Crippen LogP contribution in [0.5, 0.6) is 0 Å². The van der Waals surface area contributed by atoms with Crippen LogP contribution in [0.1, 0.15) is 60.8 Å². The predicted octanol–water partition coefficient (Wildman–Crippen LogP) is 5.36. The van der Waals surface area contributed by atoms with Crippen LogP contribution in [0.15, 0.2) is 23.8 Å². The quantitative estimate of drug-likeness (QED) is 0.536. The van der Waals surface area contributed by atoms with E-state index < -0.39 is 0 Å². The topological polar surface area (TPSA) is 0 Å². The molecule has 88 valence electrons. The van der Waals surface area contributed by atoms with E-state index in [9.17, 15) is 0 Å². The molecule has 1 atom stereocenters. The average molecular weight is 208 g/mol. The third-order valence-electron chi connectivity index (χ3n) is 3.15. The lowest BCUT2D eigenvalue weighted by Crippen LogP contribution is -2.26. The molecule has 0 spiro atoms. The van der Waals surface area contributed by atoms with Crippen molar-refractivity contribution in [3.05, 3.63) is 23.8 Å². The van der Waals surface area contributed by atoms with Gasteiger partial charge in [0.1, 0.15) is 0 Å². The molecule has 0 nitrogen and oxygen atoms in total. The van der Waals surface area contributed by atoms with Crippen LogP contribution >= 0.6 is 0 Å². The van der Waals surface area contributed by atoms with Gasteiger partial charge in [-0.3, -0.25) is 0 Å². The molecule has 1 aliphatic rings. The number of hydrogen-bond donors (Lipinski definition) is 0. The molecular weight excluding hydrogens is 180 g/mol. The van der Waals surface area contributed by atoms with E-state index in [0.29, 0.717) is 11.3 Å². The van der Waals surface area contributed by atoms with Crippen molar-refractivity contribution in [2.75, 3.05) is 0 Å².